The van der Waals surface area contributed by atoms with E-state index in [0.717, 1.165) is 12.2 Å². The number of aliphatic hydroxyl groups is 1. The van der Waals surface area contributed by atoms with Crippen LogP contribution in [0.4, 0.5) is 17.6 Å². The molecule has 0 bridgehead atoms. The van der Waals surface area contributed by atoms with E-state index in [-0.39, 0.29) is 36.4 Å². The van der Waals surface area contributed by atoms with Gasteiger partial charge in [0.2, 0.25) is 0 Å². The molecule has 184 valence electrons. The third-order valence-corrected chi connectivity index (χ3v) is 6.42. The number of alkyl halides is 1. The van der Waals surface area contributed by atoms with Crippen LogP contribution in [0.3, 0.4) is 0 Å². The van der Waals surface area contributed by atoms with Crippen LogP contribution in [0.25, 0.3) is 0 Å². The van der Waals surface area contributed by atoms with Gasteiger partial charge in [0.25, 0.3) is 0 Å². The Labute approximate surface area is 194 Å². The van der Waals surface area contributed by atoms with Gasteiger partial charge in [0.15, 0.2) is 0 Å². The molecule has 2 N–H and O–H groups in total. The molecule has 0 fully saturated rings. The number of furan rings is 1. The summed E-state index contributed by atoms with van der Waals surface area (Å²) in [6, 6.07) is 3.30. The van der Waals surface area contributed by atoms with Gasteiger partial charge in [-0.05, 0) is 37.6 Å². The summed E-state index contributed by atoms with van der Waals surface area (Å²) in [6.45, 7) is 2.19. The third kappa shape index (κ3) is 4.37. The molecule has 1 aromatic heterocycles. The molecule has 4 atom stereocenters. The highest BCUT2D eigenvalue weighted by molar-refractivity contribution is 6.07. The van der Waals surface area contributed by atoms with Gasteiger partial charge in [-0.15, -0.1) is 0 Å². The molecule has 3 aliphatic rings. The molecule has 10 heteroatoms. The molecule has 0 radical (unpaired) electrons. The van der Waals surface area contributed by atoms with E-state index in [4.69, 9.17) is 9.15 Å². The zero-order valence-corrected chi connectivity index (χ0v) is 18.9. The average Bonchev–Trinajstić information content (AvgIpc) is 3.41. The number of hydrogen-bond donors (Lipinski definition) is 2. The highest BCUT2D eigenvalue weighted by Crippen LogP contribution is 2.49. The second-order valence-corrected chi connectivity index (χ2v) is 8.62. The first-order valence-corrected chi connectivity index (χ1v) is 11.0. The topological polar surface area (TPSA) is 70.2 Å². The summed E-state index contributed by atoms with van der Waals surface area (Å²) in [5.74, 6) is -2.49. The van der Waals surface area contributed by atoms with E-state index < -0.39 is 47.8 Å². The van der Waals surface area contributed by atoms with Crippen molar-refractivity contribution in [3.8, 4) is 0 Å². The normalized spacial score (nSPS) is 28.5. The van der Waals surface area contributed by atoms with Crippen molar-refractivity contribution in [3.05, 3.63) is 71.1 Å². The molecule has 34 heavy (non-hydrogen) atoms. The third-order valence-electron chi connectivity index (χ3n) is 6.42. The van der Waals surface area contributed by atoms with Crippen molar-refractivity contribution in [3.63, 3.8) is 0 Å². The molecule has 0 aromatic carbocycles. The monoisotopic (exact) mass is 481 g/mol. The summed E-state index contributed by atoms with van der Waals surface area (Å²) in [5.41, 5.74) is -1.06. The van der Waals surface area contributed by atoms with E-state index in [9.17, 15) is 18.3 Å². The minimum Gasteiger partial charge on any atom is -0.469 e. The van der Waals surface area contributed by atoms with Crippen LogP contribution in [-0.4, -0.2) is 54.0 Å². The SMILES string of the molecule is COCCNC(O)C1(C)C(c2ccco2)C(C2=C(F)C=C(F)CC2)=NN1C1=CC=C(F)CC1F. The number of allylic oxidation sites excluding steroid dienone is 8. The Morgan fingerprint density at radius 3 is 2.74 bits per heavy atom. The predicted molar refractivity (Wildman–Crippen MR) is 118 cm³/mol. The minimum absolute atomic E-state index is 0.0135. The van der Waals surface area contributed by atoms with Crippen molar-refractivity contribution in [2.75, 3.05) is 20.3 Å². The van der Waals surface area contributed by atoms with Crippen molar-refractivity contribution < 1.29 is 31.8 Å². The molecular formula is C24H27F4N3O3. The highest BCUT2D eigenvalue weighted by atomic mass is 19.1. The molecule has 2 aliphatic carbocycles. The lowest BCUT2D eigenvalue weighted by atomic mass is 9.76. The fraction of sp³-hybridized carbons (Fsp3) is 0.458. The standard InChI is InChI=1S/C24H27F4N3O3/c1-24(23(32)29-9-11-33-2)21(20-4-3-10-34-20)22(16-7-5-14(25)12-17(16)27)30-31(24)19-8-6-15(26)13-18(19)28/h3-4,6,8,10,12,18,21,23,29,32H,5,7,9,11,13H2,1-2H3. The lowest BCUT2D eigenvalue weighted by Crippen LogP contribution is -2.60. The Hall–Kier alpha value is -2.69. The zero-order chi connectivity index (χ0) is 24.5. The Morgan fingerprint density at radius 1 is 1.29 bits per heavy atom. The fourth-order valence-electron chi connectivity index (χ4n) is 4.64. The molecule has 0 amide bonds. The van der Waals surface area contributed by atoms with Crippen LogP contribution in [0, 0.1) is 0 Å². The van der Waals surface area contributed by atoms with Crippen molar-refractivity contribution in [2.45, 2.75) is 50.0 Å². The molecule has 1 aromatic rings. The maximum absolute atomic E-state index is 15.1. The van der Waals surface area contributed by atoms with Crippen molar-refractivity contribution in [1.82, 2.24) is 10.3 Å². The Kier molecular flexibility index (Phi) is 7.11. The molecule has 2 heterocycles. The van der Waals surface area contributed by atoms with Gasteiger partial charge in [0.05, 0.1) is 30.2 Å². The number of halogens is 4. The average molecular weight is 481 g/mol. The number of methoxy groups -OCH3 is 1. The number of rotatable bonds is 8. The summed E-state index contributed by atoms with van der Waals surface area (Å²) in [5, 5.41) is 20.1. The van der Waals surface area contributed by atoms with Gasteiger partial charge >= 0.3 is 0 Å². The largest absolute Gasteiger partial charge is 0.469 e. The molecule has 1 aliphatic heterocycles. The summed E-state index contributed by atoms with van der Waals surface area (Å²) in [4.78, 5) is 0. The van der Waals surface area contributed by atoms with Gasteiger partial charge in [0.1, 0.15) is 41.2 Å². The van der Waals surface area contributed by atoms with Crippen LogP contribution in [0.2, 0.25) is 0 Å². The van der Waals surface area contributed by atoms with Crippen LogP contribution in [0.5, 0.6) is 0 Å². The minimum atomic E-state index is -1.74. The summed E-state index contributed by atoms with van der Waals surface area (Å²) in [6.07, 6.45) is 1.14. The van der Waals surface area contributed by atoms with Gasteiger partial charge in [-0.25, -0.2) is 17.6 Å². The zero-order valence-electron chi connectivity index (χ0n) is 18.9. The number of hydrogen-bond acceptors (Lipinski definition) is 6. The Balaban J connectivity index is 1.88. The smallest absolute Gasteiger partial charge is 0.148 e. The summed E-state index contributed by atoms with van der Waals surface area (Å²) >= 11 is 0. The maximum Gasteiger partial charge on any atom is 0.148 e. The quantitative estimate of drug-likeness (QED) is 0.320. The Morgan fingerprint density at radius 2 is 2.09 bits per heavy atom. The predicted octanol–water partition coefficient (Wildman–Crippen LogP) is 4.70. The fourth-order valence-corrected chi connectivity index (χ4v) is 4.64. The van der Waals surface area contributed by atoms with Gasteiger partial charge in [-0.2, -0.15) is 5.10 Å². The second-order valence-electron chi connectivity index (χ2n) is 8.62. The van der Waals surface area contributed by atoms with Gasteiger partial charge in [0, 0.05) is 38.1 Å². The number of hydrazone groups is 1. The molecule has 6 nitrogen and oxygen atoms in total. The van der Waals surface area contributed by atoms with Crippen LogP contribution in [0.1, 0.15) is 37.9 Å². The molecule has 4 unspecified atom stereocenters. The molecular weight excluding hydrogens is 454 g/mol. The summed E-state index contributed by atoms with van der Waals surface area (Å²) in [7, 11) is 1.51. The lowest BCUT2D eigenvalue weighted by molar-refractivity contribution is -0.0289. The molecule has 0 saturated heterocycles. The van der Waals surface area contributed by atoms with Crippen molar-refractivity contribution in [2.24, 2.45) is 5.10 Å². The number of aliphatic hydroxyl groups excluding tert-OH is 1. The highest BCUT2D eigenvalue weighted by Gasteiger charge is 2.57. The van der Waals surface area contributed by atoms with E-state index in [1.54, 1.807) is 19.1 Å². The summed E-state index contributed by atoms with van der Waals surface area (Å²) < 4.78 is 68.2. The van der Waals surface area contributed by atoms with E-state index in [1.165, 1.54) is 24.5 Å². The molecule has 0 saturated carbocycles. The lowest BCUT2D eigenvalue weighted by Gasteiger charge is -2.43. The van der Waals surface area contributed by atoms with Crippen LogP contribution < -0.4 is 5.32 Å². The van der Waals surface area contributed by atoms with Crippen LogP contribution in [-0.2, 0) is 4.74 Å². The molecule has 0 spiro atoms. The number of nitrogens with zero attached hydrogens (tertiary/aromatic N) is 2. The van der Waals surface area contributed by atoms with Gasteiger partial charge in [-0.1, -0.05) is 0 Å². The second kappa shape index (κ2) is 9.89. The van der Waals surface area contributed by atoms with Gasteiger partial charge < -0.3 is 14.3 Å². The van der Waals surface area contributed by atoms with E-state index in [0.29, 0.717) is 12.4 Å². The first-order chi connectivity index (χ1) is 16.3. The van der Waals surface area contributed by atoms with Crippen LogP contribution in [0.15, 0.2) is 74.9 Å². The first-order valence-electron chi connectivity index (χ1n) is 11.0. The Bertz CT molecular complexity index is 1060. The first kappa shape index (κ1) is 24.4. The van der Waals surface area contributed by atoms with Gasteiger partial charge in [-0.3, -0.25) is 10.3 Å². The number of nitrogens with one attached hydrogen (secondary N) is 1. The van der Waals surface area contributed by atoms with E-state index in [1.807, 2.05) is 0 Å². The number of ether oxygens (including phenoxy) is 1. The van der Waals surface area contributed by atoms with E-state index >= 15 is 4.39 Å². The van der Waals surface area contributed by atoms with Crippen molar-refractivity contribution >= 4 is 5.71 Å². The van der Waals surface area contributed by atoms with Crippen molar-refractivity contribution in [1.29, 1.82) is 0 Å². The van der Waals surface area contributed by atoms with E-state index in [2.05, 4.69) is 10.4 Å². The van der Waals surface area contributed by atoms with Crippen LogP contribution >= 0.6 is 0 Å². The maximum atomic E-state index is 15.1. The molecule has 4 rings (SSSR count).